The van der Waals surface area contributed by atoms with Gasteiger partial charge in [-0.25, -0.2) is 0 Å². The van der Waals surface area contributed by atoms with E-state index < -0.39 is 0 Å². The van der Waals surface area contributed by atoms with Gasteiger partial charge in [0.1, 0.15) is 5.75 Å². The van der Waals surface area contributed by atoms with E-state index in [0.29, 0.717) is 13.2 Å². The Hall–Kier alpha value is -3.34. The van der Waals surface area contributed by atoms with E-state index in [2.05, 4.69) is 5.32 Å². The Bertz CT molecular complexity index is 1090. The maximum Gasteiger partial charge on any atom is 0.227 e. The van der Waals surface area contributed by atoms with Crippen molar-refractivity contribution in [3.05, 3.63) is 72.3 Å². The molecule has 146 valence electrons. The molecule has 29 heavy (non-hydrogen) atoms. The molecule has 3 aromatic carbocycles. The number of ether oxygens (including phenoxy) is 1. The molecule has 2 heterocycles. The van der Waals surface area contributed by atoms with Gasteiger partial charge in [-0.3, -0.25) is 9.59 Å². The predicted molar refractivity (Wildman–Crippen MR) is 112 cm³/mol. The number of benzene rings is 3. The lowest BCUT2D eigenvalue weighted by molar-refractivity contribution is -0.127. The van der Waals surface area contributed by atoms with Crippen LogP contribution in [0.25, 0.3) is 10.8 Å². The van der Waals surface area contributed by atoms with Crippen LogP contribution in [0.5, 0.6) is 5.75 Å². The Labute approximate surface area is 169 Å². The summed E-state index contributed by atoms with van der Waals surface area (Å²) in [7, 11) is 0. The van der Waals surface area contributed by atoms with Gasteiger partial charge in [0.2, 0.25) is 11.8 Å². The van der Waals surface area contributed by atoms with E-state index in [1.165, 1.54) is 0 Å². The summed E-state index contributed by atoms with van der Waals surface area (Å²) < 4.78 is 5.68. The van der Waals surface area contributed by atoms with Gasteiger partial charge in [-0.2, -0.15) is 0 Å². The number of para-hydroxylation sites is 1. The molecule has 3 aromatic rings. The number of hydrogen-bond acceptors (Lipinski definition) is 3. The van der Waals surface area contributed by atoms with E-state index in [1.54, 1.807) is 4.90 Å². The highest BCUT2D eigenvalue weighted by atomic mass is 16.5. The summed E-state index contributed by atoms with van der Waals surface area (Å²) in [5.74, 6) is 0.400. The fourth-order valence-electron chi connectivity index (χ4n) is 4.34. The van der Waals surface area contributed by atoms with Crippen molar-refractivity contribution in [3.8, 4) is 5.75 Å². The molecule has 2 amide bonds. The molecule has 0 spiro atoms. The van der Waals surface area contributed by atoms with Crippen LogP contribution in [0, 0.1) is 5.92 Å². The van der Waals surface area contributed by atoms with Crippen LogP contribution < -0.4 is 15.0 Å². The summed E-state index contributed by atoms with van der Waals surface area (Å²) in [5.41, 5.74) is 1.88. The molecule has 0 unspecified atom stereocenters. The molecule has 0 bridgehead atoms. The number of amides is 2. The highest BCUT2D eigenvalue weighted by molar-refractivity contribution is 6.07. The van der Waals surface area contributed by atoms with Crippen molar-refractivity contribution in [2.45, 2.75) is 18.9 Å². The Kier molecular flexibility index (Phi) is 4.43. The average Bonchev–Trinajstić information content (AvgIpc) is 3.15. The largest absolute Gasteiger partial charge is 0.493 e. The van der Waals surface area contributed by atoms with E-state index in [0.717, 1.165) is 34.2 Å². The fraction of sp³-hybridized carbons (Fsp3) is 0.250. The van der Waals surface area contributed by atoms with E-state index in [9.17, 15) is 9.59 Å². The van der Waals surface area contributed by atoms with Gasteiger partial charge in [0.25, 0.3) is 0 Å². The number of carbonyl (C=O) groups is 2. The SMILES string of the molecule is O=C(N[C@H]1CCOc2ccccc21)[C@@H]1CC(=O)N(c2cccc3ccccc23)C1. The first kappa shape index (κ1) is 17.7. The first-order valence-electron chi connectivity index (χ1n) is 10.0. The molecule has 0 saturated carbocycles. The van der Waals surface area contributed by atoms with Crippen LogP contribution >= 0.6 is 0 Å². The quantitative estimate of drug-likeness (QED) is 0.744. The zero-order chi connectivity index (χ0) is 19.8. The first-order valence-corrected chi connectivity index (χ1v) is 10.0. The molecule has 2 atom stereocenters. The Morgan fingerprint density at radius 3 is 2.72 bits per heavy atom. The topological polar surface area (TPSA) is 58.6 Å². The maximum atomic E-state index is 13.0. The minimum atomic E-state index is -0.350. The second kappa shape index (κ2) is 7.24. The molecule has 2 aliphatic rings. The third kappa shape index (κ3) is 3.23. The van der Waals surface area contributed by atoms with E-state index >= 15 is 0 Å². The van der Waals surface area contributed by atoms with Crippen LogP contribution in [-0.2, 0) is 9.59 Å². The summed E-state index contributed by atoms with van der Waals surface area (Å²) in [6.07, 6.45) is 0.969. The predicted octanol–water partition coefficient (Wildman–Crippen LogP) is 3.83. The number of carbonyl (C=O) groups excluding carboxylic acids is 2. The molecule has 5 nitrogen and oxygen atoms in total. The van der Waals surface area contributed by atoms with Gasteiger partial charge in [0, 0.05) is 30.3 Å². The molecular weight excluding hydrogens is 364 g/mol. The summed E-state index contributed by atoms with van der Waals surface area (Å²) in [6.45, 7) is 0.983. The summed E-state index contributed by atoms with van der Waals surface area (Å²) in [6, 6.07) is 21.7. The van der Waals surface area contributed by atoms with Crippen molar-refractivity contribution in [1.29, 1.82) is 0 Å². The van der Waals surface area contributed by atoms with Crippen molar-refractivity contribution in [3.63, 3.8) is 0 Å². The van der Waals surface area contributed by atoms with E-state index in [-0.39, 0.29) is 30.2 Å². The van der Waals surface area contributed by atoms with Gasteiger partial charge in [-0.05, 0) is 17.5 Å². The summed E-state index contributed by atoms with van der Waals surface area (Å²) in [5, 5.41) is 5.27. The third-order valence-electron chi connectivity index (χ3n) is 5.83. The van der Waals surface area contributed by atoms with E-state index in [1.807, 2.05) is 66.7 Å². The van der Waals surface area contributed by atoms with Gasteiger partial charge < -0.3 is 15.0 Å². The first-order chi connectivity index (χ1) is 14.2. The minimum absolute atomic E-state index is 0.00567. The maximum absolute atomic E-state index is 13.0. The van der Waals surface area contributed by atoms with Gasteiger partial charge >= 0.3 is 0 Å². The van der Waals surface area contributed by atoms with Crippen molar-refractivity contribution >= 4 is 28.3 Å². The second-order valence-corrected chi connectivity index (χ2v) is 7.64. The smallest absolute Gasteiger partial charge is 0.227 e. The minimum Gasteiger partial charge on any atom is -0.493 e. The van der Waals surface area contributed by atoms with Crippen LogP contribution in [0.1, 0.15) is 24.4 Å². The Morgan fingerprint density at radius 1 is 1.00 bits per heavy atom. The Morgan fingerprint density at radius 2 is 1.79 bits per heavy atom. The summed E-state index contributed by atoms with van der Waals surface area (Å²) >= 11 is 0. The molecule has 0 radical (unpaired) electrons. The Balaban J connectivity index is 1.35. The number of nitrogens with one attached hydrogen (secondary N) is 1. The molecule has 5 rings (SSSR count). The lowest BCUT2D eigenvalue weighted by Crippen LogP contribution is -2.37. The summed E-state index contributed by atoms with van der Waals surface area (Å²) in [4.78, 5) is 27.5. The number of anilines is 1. The highest BCUT2D eigenvalue weighted by Crippen LogP contribution is 2.34. The van der Waals surface area contributed by atoms with Crippen molar-refractivity contribution in [1.82, 2.24) is 5.32 Å². The highest BCUT2D eigenvalue weighted by Gasteiger charge is 2.37. The van der Waals surface area contributed by atoms with Gasteiger partial charge in [-0.1, -0.05) is 54.6 Å². The molecule has 1 saturated heterocycles. The van der Waals surface area contributed by atoms with Gasteiger partial charge in [0.05, 0.1) is 24.3 Å². The van der Waals surface area contributed by atoms with Crippen LogP contribution in [0.2, 0.25) is 0 Å². The zero-order valence-corrected chi connectivity index (χ0v) is 16.0. The second-order valence-electron chi connectivity index (χ2n) is 7.64. The molecule has 1 fully saturated rings. The third-order valence-corrected chi connectivity index (χ3v) is 5.83. The van der Waals surface area contributed by atoms with Crippen LogP contribution in [-0.4, -0.2) is 25.0 Å². The van der Waals surface area contributed by atoms with Crippen LogP contribution in [0.4, 0.5) is 5.69 Å². The fourth-order valence-corrected chi connectivity index (χ4v) is 4.34. The van der Waals surface area contributed by atoms with Gasteiger partial charge in [0.15, 0.2) is 0 Å². The van der Waals surface area contributed by atoms with Gasteiger partial charge in [-0.15, -0.1) is 0 Å². The molecular formula is C24H22N2O3. The van der Waals surface area contributed by atoms with Crippen LogP contribution in [0.3, 0.4) is 0 Å². The molecule has 0 aromatic heterocycles. The number of fused-ring (bicyclic) bond motifs is 2. The normalized spacial score (nSPS) is 21.0. The molecule has 1 N–H and O–H groups in total. The van der Waals surface area contributed by atoms with E-state index in [4.69, 9.17) is 4.74 Å². The standard InChI is InChI=1S/C24H22N2O3/c27-23-14-17(15-26(23)21-10-5-7-16-6-1-2-8-18(16)21)24(28)25-20-12-13-29-22-11-4-3-9-19(20)22/h1-11,17,20H,12-15H2,(H,25,28)/t17-,20+/m1/s1. The van der Waals surface area contributed by atoms with Crippen molar-refractivity contribution in [2.24, 2.45) is 5.92 Å². The zero-order valence-electron chi connectivity index (χ0n) is 16.0. The number of nitrogens with zero attached hydrogens (tertiary/aromatic N) is 1. The number of rotatable bonds is 3. The lowest BCUT2D eigenvalue weighted by Gasteiger charge is -2.27. The molecule has 0 aliphatic carbocycles. The monoisotopic (exact) mass is 386 g/mol. The number of hydrogen-bond donors (Lipinski definition) is 1. The molecule has 2 aliphatic heterocycles. The average molecular weight is 386 g/mol. The lowest BCUT2D eigenvalue weighted by atomic mass is 9.99. The van der Waals surface area contributed by atoms with Crippen molar-refractivity contribution in [2.75, 3.05) is 18.1 Å². The van der Waals surface area contributed by atoms with Crippen molar-refractivity contribution < 1.29 is 14.3 Å². The molecule has 5 heteroatoms. The van der Waals surface area contributed by atoms with Crippen LogP contribution in [0.15, 0.2) is 66.7 Å².